The van der Waals surface area contributed by atoms with Gasteiger partial charge < -0.3 is 16.0 Å². The molecule has 1 unspecified atom stereocenters. The lowest BCUT2D eigenvalue weighted by Gasteiger charge is -2.26. The maximum Gasteiger partial charge on any atom is 0.321 e. The van der Waals surface area contributed by atoms with Crippen LogP contribution in [0.1, 0.15) is 18.9 Å². The fourth-order valence-electron chi connectivity index (χ4n) is 3.05. The van der Waals surface area contributed by atoms with E-state index in [0.29, 0.717) is 6.54 Å². The van der Waals surface area contributed by atoms with Crippen LogP contribution in [0.2, 0.25) is 0 Å². The second kappa shape index (κ2) is 6.73. The summed E-state index contributed by atoms with van der Waals surface area (Å²) in [5, 5.41) is 9.38. The molecule has 0 spiro atoms. The van der Waals surface area contributed by atoms with Crippen molar-refractivity contribution in [3.63, 3.8) is 0 Å². The Kier molecular flexibility index (Phi) is 4.50. The highest BCUT2D eigenvalue weighted by Gasteiger charge is 2.19. The van der Waals surface area contributed by atoms with Crippen molar-refractivity contribution >= 4 is 29.3 Å². The largest absolute Gasteiger partial charge is 0.384 e. The number of hydrogen-bond acceptors (Lipinski definition) is 4. The first kappa shape index (κ1) is 15.4. The highest BCUT2D eigenvalue weighted by Crippen LogP contribution is 2.34. The second-order valence-corrected chi connectivity index (χ2v) is 5.67. The fourth-order valence-corrected chi connectivity index (χ4v) is 3.05. The van der Waals surface area contributed by atoms with Crippen LogP contribution in [0.3, 0.4) is 0 Å². The third-order valence-electron chi connectivity index (χ3n) is 4.23. The summed E-state index contributed by atoms with van der Waals surface area (Å²) in [6.07, 6.45) is 5.00. The van der Waals surface area contributed by atoms with E-state index in [-0.39, 0.29) is 12.1 Å². The van der Waals surface area contributed by atoms with Crippen LogP contribution in [-0.4, -0.2) is 45.1 Å². The molecule has 0 saturated carbocycles. The Balaban J connectivity index is 1.94. The number of aliphatic imine (C=N–C) groups is 1. The highest BCUT2D eigenvalue weighted by atomic mass is 16.2. The molecule has 6 heteroatoms. The third-order valence-corrected chi connectivity index (χ3v) is 4.23. The molecule has 2 heterocycles. The van der Waals surface area contributed by atoms with E-state index in [1.807, 2.05) is 13.0 Å². The Morgan fingerprint density at radius 1 is 1.52 bits per heavy atom. The lowest BCUT2D eigenvalue weighted by molar-refractivity contribution is 0.248. The van der Waals surface area contributed by atoms with Crippen LogP contribution < -0.4 is 20.9 Å². The zero-order valence-electron chi connectivity index (χ0n) is 13.6. The first-order valence-electron chi connectivity index (χ1n) is 8.05. The molecule has 2 aliphatic rings. The summed E-state index contributed by atoms with van der Waals surface area (Å²) in [4.78, 5) is 18.0. The Morgan fingerprint density at radius 3 is 3.09 bits per heavy atom. The molecule has 2 amide bonds. The van der Waals surface area contributed by atoms with Gasteiger partial charge in [-0.3, -0.25) is 9.89 Å². The second-order valence-electron chi connectivity index (χ2n) is 5.67. The molecule has 0 aromatic heterocycles. The number of urea groups is 1. The van der Waals surface area contributed by atoms with E-state index in [2.05, 4.69) is 39.2 Å². The lowest BCUT2D eigenvalue weighted by Crippen LogP contribution is -2.38. The molecule has 6 nitrogen and oxygen atoms in total. The first-order chi connectivity index (χ1) is 11.2. The minimum absolute atomic E-state index is 0.0902. The van der Waals surface area contributed by atoms with Crippen molar-refractivity contribution in [2.75, 3.05) is 36.9 Å². The number of fused-ring (bicyclic) bond motifs is 1. The fraction of sp³-hybridized carbons (Fsp3) is 0.412. The molecule has 2 aliphatic heterocycles. The highest BCUT2D eigenvalue weighted by molar-refractivity contribution is 5.93. The summed E-state index contributed by atoms with van der Waals surface area (Å²) in [5.74, 6) is 0. The maximum absolute atomic E-state index is 12.0. The standard InChI is InChI=1S/C17H23N5O/c1-3-22(17(23)18-2)14-4-5-16-15(9-14)12(6-7-20-16)8-13-10-19-11-21-13/h4-5,8-9,11,13,20H,3,6-7,10H2,1-2H3,(H,18,23)(H,19,21)/b12-8+. The minimum Gasteiger partial charge on any atom is -0.384 e. The van der Waals surface area contributed by atoms with Crippen LogP contribution in [0, 0.1) is 0 Å². The number of hydrogen-bond donors (Lipinski definition) is 3. The molecule has 0 bridgehead atoms. The predicted octanol–water partition coefficient (Wildman–Crippen LogP) is 2.05. The van der Waals surface area contributed by atoms with Gasteiger partial charge in [0.2, 0.25) is 0 Å². The van der Waals surface area contributed by atoms with E-state index in [9.17, 15) is 4.79 Å². The SMILES string of the molecule is CCN(C(=O)NC)c1ccc2c(c1)/C(=C/C1CN=CN1)CCN2. The van der Waals surface area contributed by atoms with Crippen LogP contribution >= 0.6 is 0 Å². The quantitative estimate of drug-likeness (QED) is 0.800. The number of amides is 2. The normalized spacial score (nSPS) is 20.6. The smallest absolute Gasteiger partial charge is 0.321 e. The van der Waals surface area contributed by atoms with Gasteiger partial charge in [-0.25, -0.2) is 4.79 Å². The molecule has 1 aromatic carbocycles. The Labute approximate surface area is 136 Å². The monoisotopic (exact) mass is 313 g/mol. The van der Waals surface area contributed by atoms with Gasteiger partial charge in [0.25, 0.3) is 0 Å². The van der Waals surface area contributed by atoms with Crippen molar-refractivity contribution in [3.8, 4) is 0 Å². The van der Waals surface area contributed by atoms with Crippen molar-refractivity contribution in [1.82, 2.24) is 10.6 Å². The van der Waals surface area contributed by atoms with E-state index < -0.39 is 0 Å². The van der Waals surface area contributed by atoms with Crippen molar-refractivity contribution in [2.45, 2.75) is 19.4 Å². The summed E-state index contributed by atoms with van der Waals surface area (Å²) < 4.78 is 0. The molecule has 23 heavy (non-hydrogen) atoms. The zero-order valence-corrected chi connectivity index (χ0v) is 13.6. The molecule has 0 radical (unpaired) electrons. The molecule has 0 aliphatic carbocycles. The zero-order chi connectivity index (χ0) is 16.2. The van der Waals surface area contributed by atoms with Gasteiger partial charge in [-0.1, -0.05) is 6.08 Å². The Morgan fingerprint density at radius 2 is 2.39 bits per heavy atom. The molecular formula is C17H23N5O. The van der Waals surface area contributed by atoms with E-state index in [1.54, 1.807) is 18.3 Å². The number of carbonyl (C=O) groups is 1. The molecule has 0 saturated heterocycles. The molecule has 1 aromatic rings. The summed E-state index contributed by atoms with van der Waals surface area (Å²) in [6.45, 7) is 4.32. The number of anilines is 2. The molecular weight excluding hydrogens is 290 g/mol. The Bertz CT molecular complexity index is 644. The number of benzene rings is 1. The van der Waals surface area contributed by atoms with E-state index in [0.717, 1.165) is 30.9 Å². The number of rotatable bonds is 3. The molecule has 3 N–H and O–H groups in total. The van der Waals surface area contributed by atoms with Crippen LogP contribution in [-0.2, 0) is 0 Å². The molecule has 122 valence electrons. The maximum atomic E-state index is 12.0. The summed E-state index contributed by atoms with van der Waals surface area (Å²) >= 11 is 0. The van der Waals surface area contributed by atoms with Gasteiger partial charge in [0, 0.05) is 37.1 Å². The van der Waals surface area contributed by atoms with Crippen molar-refractivity contribution < 1.29 is 4.79 Å². The summed E-state index contributed by atoms with van der Waals surface area (Å²) in [6, 6.07) is 6.32. The van der Waals surface area contributed by atoms with Crippen LogP contribution in [0.4, 0.5) is 16.2 Å². The van der Waals surface area contributed by atoms with Gasteiger partial charge in [-0.15, -0.1) is 0 Å². The van der Waals surface area contributed by atoms with Gasteiger partial charge in [0.05, 0.1) is 18.9 Å². The van der Waals surface area contributed by atoms with Gasteiger partial charge in [0.15, 0.2) is 0 Å². The van der Waals surface area contributed by atoms with E-state index >= 15 is 0 Å². The third kappa shape index (κ3) is 3.16. The molecule has 1 atom stereocenters. The van der Waals surface area contributed by atoms with E-state index in [1.165, 1.54) is 11.1 Å². The first-order valence-corrected chi connectivity index (χ1v) is 8.05. The average molecular weight is 313 g/mol. The Hall–Kier alpha value is -2.50. The summed E-state index contributed by atoms with van der Waals surface area (Å²) in [5.41, 5.74) is 4.51. The van der Waals surface area contributed by atoms with Gasteiger partial charge in [0.1, 0.15) is 0 Å². The van der Waals surface area contributed by atoms with Crippen LogP contribution in [0.5, 0.6) is 0 Å². The number of nitrogens with one attached hydrogen (secondary N) is 3. The van der Waals surface area contributed by atoms with E-state index in [4.69, 9.17) is 0 Å². The van der Waals surface area contributed by atoms with Crippen molar-refractivity contribution in [1.29, 1.82) is 0 Å². The van der Waals surface area contributed by atoms with Gasteiger partial charge in [-0.2, -0.15) is 0 Å². The number of carbonyl (C=O) groups excluding carboxylic acids is 1. The summed E-state index contributed by atoms with van der Waals surface area (Å²) in [7, 11) is 1.65. The minimum atomic E-state index is -0.0902. The number of nitrogens with zero attached hydrogens (tertiary/aromatic N) is 2. The van der Waals surface area contributed by atoms with Gasteiger partial charge >= 0.3 is 6.03 Å². The van der Waals surface area contributed by atoms with Gasteiger partial charge in [-0.05, 0) is 37.1 Å². The van der Waals surface area contributed by atoms with Crippen molar-refractivity contribution in [3.05, 3.63) is 29.8 Å². The lowest BCUT2D eigenvalue weighted by atomic mass is 9.94. The molecule has 0 fully saturated rings. The van der Waals surface area contributed by atoms with Crippen molar-refractivity contribution in [2.24, 2.45) is 4.99 Å². The van der Waals surface area contributed by atoms with Crippen LogP contribution in [0.15, 0.2) is 29.3 Å². The topological polar surface area (TPSA) is 68.8 Å². The molecule has 3 rings (SSSR count). The predicted molar refractivity (Wildman–Crippen MR) is 95.3 cm³/mol. The van der Waals surface area contributed by atoms with Crippen LogP contribution in [0.25, 0.3) is 5.57 Å². The average Bonchev–Trinajstić information content (AvgIpc) is 3.09.